The van der Waals surface area contributed by atoms with Crippen molar-refractivity contribution in [1.82, 2.24) is 5.32 Å². The second kappa shape index (κ2) is 6.41. The van der Waals surface area contributed by atoms with Crippen molar-refractivity contribution < 1.29 is 17.6 Å². The third-order valence-corrected chi connectivity index (χ3v) is 4.93. The number of hydrogen-bond acceptors (Lipinski definition) is 3. The Morgan fingerprint density at radius 2 is 2.10 bits per heavy atom. The molecule has 1 aromatic rings. The summed E-state index contributed by atoms with van der Waals surface area (Å²) in [6, 6.07) is 1.88. The average Bonchev–Trinajstić information content (AvgIpc) is 3.16. The van der Waals surface area contributed by atoms with Crippen LogP contribution in [0.1, 0.15) is 36.0 Å². The molecule has 0 bridgehead atoms. The SMILES string of the molecule is NS(=O)(=O)c1cc(C(=O)NCCCC2CC2)c(Br)cc1F. The molecular formula is C13H16BrFN2O3S. The molecule has 0 aromatic heterocycles. The molecule has 1 aliphatic carbocycles. The second-order valence-corrected chi connectivity index (χ2v) is 7.53. The predicted molar refractivity (Wildman–Crippen MR) is 79.8 cm³/mol. The molecule has 0 spiro atoms. The molecule has 0 saturated heterocycles. The van der Waals surface area contributed by atoms with Crippen molar-refractivity contribution in [3.05, 3.63) is 28.0 Å². The zero-order chi connectivity index (χ0) is 15.6. The number of nitrogens with two attached hydrogens (primary N) is 1. The minimum absolute atomic E-state index is 0.0480. The van der Waals surface area contributed by atoms with E-state index in [9.17, 15) is 17.6 Å². The number of sulfonamides is 1. The molecular weight excluding hydrogens is 363 g/mol. The Kier molecular flexibility index (Phi) is 5.00. The fourth-order valence-corrected chi connectivity index (χ4v) is 3.12. The summed E-state index contributed by atoms with van der Waals surface area (Å²) < 4.78 is 36.3. The van der Waals surface area contributed by atoms with Gasteiger partial charge in [0.15, 0.2) is 0 Å². The van der Waals surface area contributed by atoms with Gasteiger partial charge in [-0.1, -0.05) is 12.8 Å². The van der Waals surface area contributed by atoms with Crippen LogP contribution in [0.5, 0.6) is 0 Å². The lowest BCUT2D eigenvalue weighted by Gasteiger charge is -2.09. The smallest absolute Gasteiger partial charge is 0.252 e. The first kappa shape index (κ1) is 16.4. The molecule has 8 heteroatoms. The monoisotopic (exact) mass is 378 g/mol. The Balaban J connectivity index is 2.08. The summed E-state index contributed by atoms with van der Waals surface area (Å²) in [6.07, 6.45) is 4.47. The van der Waals surface area contributed by atoms with Gasteiger partial charge >= 0.3 is 0 Å². The van der Waals surface area contributed by atoms with E-state index in [0.29, 0.717) is 6.54 Å². The van der Waals surface area contributed by atoms with Gasteiger partial charge in [-0.3, -0.25) is 4.79 Å². The van der Waals surface area contributed by atoms with Crippen LogP contribution in [0.15, 0.2) is 21.5 Å². The Morgan fingerprint density at radius 3 is 2.67 bits per heavy atom. The standard InChI is InChI=1S/C13H16BrFN2O3S/c14-10-7-11(15)12(21(16,19)20)6-9(10)13(18)17-5-1-2-8-3-4-8/h6-8H,1-5H2,(H,17,18)(H2,16,19,20). The molecule has 0 aliphatic heterocycles. The van der Waals surface area contributed by atoms with Crippen molar-refractivity contribution in [2.45, 2.75) is 30.6 Å². The molecule has 116 valence electrons. The number of benzene rings is 1. The van der Waals surface area contributed by atoms with Gasteiger partial charge in [-0.2, -0.15) is 0 Å². The summed E-state index contributed by atoms with van der Waals surface area (Å²) in [6.45, 7) is 0.504. The van der Waals surface area contributed by atoms with Crippen LogP contribution in [0, 0.1) is 11.7 Å². The van der Waals surface area contributed by atoms with E-state index in [1.54, 1.807) is 0 Å². The zero-order valence-electron chi connectivity index (χ0n) is 11.2. The Bertz CT molecular complexity index is 660. The van der Waals surface area contributed by atoms with Crippen molar-refractivity contribution in [2.75, 3.05) is 6.54 Å². The summed E-state index contributed by atoms with van der Waals surface area (Å²) in [5.74, 6) is -0.661. The summed E-state index contributed by atoms with van der Waals surface area (Å²) in [5.41, 5.74) is 0.0480. The molecule has 2 rings (SSSR count). The number of hydrogen-bond donors (Lipinski definition) is 2. The summed E-state index contributed by atoms with van der Waals surface area (Å²) >= 11 is 3.05. The first-order valence-corrected chi connectivity index (χ1v) is 8.93. The van der Waals surface area contributed by atoms with E-state index in [-0.39, 0.29) is 10.0 Å². The van der Waals surface area contributed by atoms with Crippen LogP contribution in [-0.4, -0.2) is 20.9 Å². The molecule has 21 heavy (non-hydrogen) atoms. The van der Waals surface area contributed by atoms with Crippen LogP contribution in [0.4, 0.5) is 4.39 Å². The first-order chi connectivity index (χ1) is 9.79. The third-order valence-electron chi connectivity index (χ3n) is 3.34. The van der Waals surface area contributed by atoms with Gasteiger partial charge in [0.05, 0.1) is 5.56 Å². The van der Waals surface area contributed by atoms with Crippen LogP contribution >= 0.6 is 15.9 Å². The van der Waals surface area contributed by atoms with E-state index in [1.807, 2.05) is 0 Å². The van der Waals surface area contributed by atoms with Gasteiger partial charge in [-0.15, -0.1) is 0 Å². The first-order valence-electron chi connectivity index (χ1n) is 6.59. The van der Waals surface area contributed by atoms with Crippen LogP contribution in [0.3, 0.4) is 0 Å². The van der Waals surface area contributed by atoms with Gasteiger partial charge in [0.2, 0.25) is 10.0 Å². The molecule has 1 aliphatic rings. The zero-order valence-corrected chi connectivity index (χ0v) is 13.6. The van der Waals surface area contributed by atoms with E-state index >= 15 is 0 Å². The number of halogens is 2. The topological polar surface area (TPSA) is 89.3 Å². The van der Waals surface area contributed by atoms with Crippen molar-refractivity contribution >= 4 is 31.9 Å². The summed E-state index contributed by atoms with van der Waals surface area (Å²) in [5, 5.41) is 7.62. The molecule has 0 heterocycles. The van der Waals surface area contributed by atoms with E-state index in [1.165, 1.54) is 12.8 Å². The molecule has 1 aromatic carbocycles. The number of primary sulfonamides is 1. The minimum Gasteiger partial charge on any atom is -0.352 e. The normalized spacial score (nSPS) is 15.0. The fourth-order valence-electron chi connectivity index (χ4n) is 2.02. The Hall–Kier alpha value is -0.990. The molecule has 1 saturated carbocycles. The maximum absolute atomic E-state index is 13.6. The minimum atomic E-state index is -4.21. The lowest BCUT2D eigenvalue weighted by molar-refractivity contribution is 0.0951. The van der Waals surface area contributed by atoms with E-state index in [0.717, 1.165) is 30.9 Å². The number of nitrogens with one attached hydrogen (secondary N) is 1. The molecule has 0 unspecified atom stereocenters. The average molecular weight is 379 g/mol. The van der Waals surface area contributed by atoms with Crippen molar-refractivity contribution in [3.8, 4) is 0 Å². The van der Waals surface area contributed by atoms with Crippen molar-refractivity contribution in [1.29, 1.82) is 0 Å². The Labute approximate surface area is 131 Å². The third kappa shape index (κ3) is 4.49. The number of carbonyl (C=O) groups is 1. The molecule has 1 fully saturated rings. The molecule has 0 atom stereocenters. The maximum atomic E-state index is 13.6. The number of rotatable bonds is 6. The van der Waals surface area contributed by atoms with Gasteiger partial charge in [-0.05, 0) is 46.8 Å². The van der Waals surface area contributed by atoms with Crippen molar-refractivity contribution in [3.63, 3.8) is 0 Å². The predicted octanol–water partition coefficient (Wildman–Crippen LogP) is 2.16. The van der Waals surface area contributed by atoms with Crippen LogP contribution in [-0.2, 0) is 10.0 Å². The fraction of sp³-hybridized carbons (Fsp3) is 0.462. The van der Waals surface area contributed by atoms with Gasteiger partial charge in [0, 0.05) is 11.0 Å². The molecule has 3 N–H and O–H groups in total. The van der Waals surface area contributed by atoms with Crippen LogP contribution < -0.4 is 10.5 Å². The highest BCUT2D eigenvalue weighted by Crippen LogP contribution is 2.33. The highest BCUT2D eigenvalue weighted by Gasteiger charge is 2.22. The molecule has 1 amide bonds. The van der Waals surface area contributed by atoms with Gasteiger partial charge in [-0.25, -0.2) is 17.9 Å². The highest BCUT2D eigenvalue weighted by molar-refractivity contribution is 9.10. The van der Waals surface area contributed by atoms with Crippen LogP contribution in [0.2, 0.25) is 0 Å². The van der Waals surface area contributed by atoms with Crippen molar-refractivity contribution in [2.24, 2.45) is 11.1 Å². The van der Waals surface area contributed by atoms with E-state index in [2.05, 4.69) is 21.2 Å². The number of amides is 1. The Morgan fingerprint density at radius 1 is 1.43 bits per heavy atom. The lowest BCUT2D eigenvalue weighted by Crippen LogP contribution is -2.25. The largest absolute Gasteiger partial charge is 0.352 e. The quantitative estimate of drug-likeness (QED) is 0.743. The maximum Gasteiger partial charge on any atom is 0.252 e. The lowest BCUT2D eigenvalue weighted by atomic mass is 10.2. The van der Waals surface area contributed by atoms with E-state index < -0.39 is 26.6 Å². The van der Waals surface area contributed by atoms with Gasteiger partial charge in [0.25, 0.3) is 5.91 Å². The van der Waals surface area contributed by atoms with Gasteiger partial charge < -0.3 is 5.32 Å². The second-order valence-electron chi connectivity index (χ2n) is 5.15. The van der Waals surface area contributed by atoms with E-state index in [4.69, 9.17) is 5.14 Å². The summed E-state index contributed by atoms with van der Waals surface area (Å²) in [7, 11) is -4.21. The number of carbonyl (C=O) groups excluding carboxylic acids is 1. The van der Waals surface area contributed by atoms with Gasteiger partial charge in [0.1, 0.15) is 10.7 Å². The van der Waals surface area contributed by atoms with Crippen LogP contribution in [0.25, 0.3) is 0 Å². The highest BCUT2D eigenvalue weighted by atomic mass is 79.9. The molecule has 0 radical (unpaired) electrons. The molecule has 5 nitrogen and oxygen atoms in total. The summed E-state index contributed by atoms with van der Waals surface area (Å²) in [4.78, 5) is 11.3.